The van der Waals surface area contributed by atoms with Gasteiger partial charge in [0.1, 0.15) is 5.75 Å². The van der Waals surface area contributed by atoms with Crippen LogP contribution < -0.4 is 9.46 Å². The first kappa shape index (κ1) is 17.4. The average Bonchev–Trinajstić information content (AvgIpc) is 2.35. The number of hydrogen-bond donors (Lipinski definition) is 3. The molecule has 0 radical (unpaired) electrons. The van der Waals surface area contributed by atoms with Crippen molar-refractivity contribution in [2.24, 2.45) is 0 Å². The van der Waals surface area contributed by atoms with E-state index in [0.717, 1.165) is 6.92 Å². The van der Waals surface area contributed by atoms with Gasteiger partial charge in [-0.2, -0.15) is 0 Å². The minimum Gasteiger partial charge on any atom is -0.497 e. The Labute approximate surface area is 123 Å². The number of aliphatic hydroxyl groups is 1. The molecule has 0 aliphatic carbocycles. The molecule has 8 heteroatoms. The van der Waals surface area contributed by atoms with Crippen molar-refractivity contribution in [3.05, 3.63) is 23.3 Å². The van der Waals surface area contributed by atoms with E-state index in [0.29, 0.717) is 16.9 Å². The molecule has 0 spiro atoms. The van der Waals surface area contributed by atoms with Gasteiger partial charge in [0.15, 0.2) is 5.60 Å². The Bertz CT molecular complexity index is 628. The number of benzene rings is 1. The standard InChI is InChI=1S/C13H19NO6S/c1-8-5-10(20-4)6-9(2)11(8)21(18,19)14-7-13(3,17)12(15)16/h5-6,14,17H,7H2,1-4H3,(H,15,16). The average molecular weight is 317 g/mol. The van der Waals surface area contributed by atoms with Crippen LogP contribution >= 0.6 is 0 Å². The van der Waals surface area contributed by atoms with Crippen molar-refractivity contribution in [1.82, 2.24) is 4.72 Å². The largest absolute Gasteiger partial charge is 0.497 e. The van der Waals surface area contributed by atoms with E-state index in [1.807, 2.05) is 0 Å². The molecule has 118 valence electrons. The molecule has 0 saturated heterocycles. The molecule has 1 aromatic carbocycles. The fraction of sp³-hybridized carbons (Fsp3) is 0.462. The van der Waals surface area contributed by atoms with E-state index in [1.54, 1.807) is 26.0 Å². The lowest BCUT2D eigenvalue weighted by Crippen LogP contribution is -2.46. The highest BCUT2D eigenvalue weighted by atomic mass is 32.2. The number of aliphatic carboxylic acids is 1. The van der Waals surface area contributed by atoms with Crippen LogP contribution in [-0.4, -0.2) is 43.9 Å². The molecule has 0 aromatic heterocycles. The summed E-state index contributed by atoms with van der Waals surface area (Å²) in [5.74, 6) is -0.977. The molecule has 3 N–H and O–H groups in total. The third-order valence-corrected chi connectivity index (χ3v) is 4.71. The summed E-state index contributed by atoms with van der Waals surface area (Å²) in [5, 5.41) is 18.4. The highest BCUT2D eigenvalue weighted by Crippen LogP contribution is 2.25. The SMILES string of the molecule is COc1cc(C)c(S(=O)(=O)NCC(C)(O)C(=O)O)c(C)c1. The molecule has 1 unspecified atom stereocenters. The smallest absolute Gasteiger partial charge is 0.336 e. The number of hydrogen-bond acceptors (Lipinski definition) is 5. The normalized spacial score (nSPS) is 14.5. The second-order valence-electron chi connectivity index (χ2n) is 4.99. The fourth-order valence-electron chi connectivity index (χ4n) is 1.84. The van der Waals surface area contributed by atoms with Gasteiger partial charge < -0.3 is 14.9 Å². The van der Waals surface area contributed by atoms with Gasteiger partial charge >= 0.3 is 5.97 Å². The Hall–Kier alpha value is -1.64. The molecule has 0 heterocycles. The first-order chi connectivity index (χ1) is 9.51. The van der Waals surface area contributed by atoms with Crippen LogP contribution in [0.4, 0.5) is 0 Å². The Morgan fingerprint density at radius 3 is 2.19 bits per heavy atom. The van der Waals surface area contributed by atoms with Crippen molar-refractivity contribution in [1.29, 1.82) is 0 Å². The fourth-order valence-corrected chi connectivity index (χ4v) is 3.42. The van der Waals surface area contributed by atoms with Gasteiger partial charge in [-0.25, -0.2) is 17.9 Å². The predicted octanol–water partition coefficient (Wildman–Crippen LogP) is 0.426. The maximum absolute atomic E-state index is 12.3. The van der Waals surface area contributed by atoms with Crippen molar-refractivity contribution in [3.8, 4) is 5.75 Å². The van der Waals surface area contributed by atoms with Gasteiger partial charge in [-0.15, -0.1) is 0 Å². The first-order valence-corrected chi connectivity index (χ1v) is 7.60. The lowest BCUT2D eigenvalue weighted by molar-refractivity contribution is -0.155. The summed E-state index contributed by atoms with van der Waals surface area (Å²) in [4.78, 5) is 10.8. The molecular weight excluding hydrogens is 298 g/mol. The van der Waals surface area contributed by atoms with Crippen LogP contribution in [0.5, 0.6) is 5.75 Å². The second-order valence-corrected chi connectivity index (χ2v) is 6.70. The molecule has 0 aliphatic rings. The summed E-state index contributed by atoms with van der Waals surface area (Å²) in [5.41, 5.74) is -1.25. The highest BCUT2D eigenvalue weighted by Gasteiger charge is 2.32. The molecule has 0 bridgehead atoms. The Kier molecular flexibility index (Phi) is 4.98. The van der Waals surface area contributed by atoms with Gasteiger partial charge in [-0.1, -0.05) is 0 Å². The lowest BCUT2D eigenvalue weighted by Gasteiger charge is -2.19. The Morgan fingerprint density at radius 2 is 1.81 bits per heavy atom. The number of sulfonamides is 1. The number of nitrogens with one attached hydrogen (secondary N) is 1. The number of carboxylic acid groups (broad SMARTS) is 1. The van der Waals surface area contributed by atoms with Crippen molar-refractivity contribution in [2.75, 3.05) is 13.7 Å². The Morgan fingerprint density at radius 1 is 1.33 bits per heavy atom. The first-order valence-electron chi connectivity index (χ1n) is 6.12. The van der Waals surface area contributed by atoms with E-state index in [2.05, 4.69) is 4.72 Å². The summed E-state index contributed by atoms with van der Waals surface area (Å²) in [6.07, 6.45) is 0. The molecule has 0 amide bonds. The van der Waals surface area contributed by atoms with Gasteiger partial charge in [0.2, 0.25) is 10.0 Å². The molecule has 7 nitrogen and oxygen atoms in total. The number of aryl methyl sites for hydroxylation is 2. The third kappa shape index (κ3) is 3.93. The summed E-state index contributed by atoms with van der Waals surface area (Å²) in [6.45, 7) is 3.61. The number of carbonyl (C=O) groups is 1. The topological polar surface area (TPSA) is 113 Å². The van der Waals surface area contributed by atoms with Crippen LogP contribution in [0.15, 0.2) is 17.0 Å². The quantitative estimate of drug-likeness (QED) is 0.701. The molecule has 1 aromatic rings. The molecule has 21 heavy (non-hydrogen) atoms. The number of methoxy groups -OCH3 is 1. The zero-order valence-electron chi connectivity index (χ0n) is 12.3. The third-order valence-electron chi connectivity index (χ3n) is 3.01. The zero-order chi connectivity index (χ0) is 16.4. The predicted molar refractivity (Wildman–Crippen MR) is 75.9 cm³/mol. The molecule has 0 aliphatic heterocycles. The summed E-state index contributed by atoms with van der Waals surface area (Å²) < 4.78 is 31.7. The maximum Gasteiger partial charge on any atom is 0.336 e. The van der Waals surface area contributed by atoms with Crippen LogP contribution in [0, 0.1) is 13.8 Å². The van der Waals surface area contributed by atoms with Crippen LogP contribution in [0.25, 0.3) is 0 Å². The monoisotopic (exact) mass is 317 g/mol. The van der Waals surface area contributed by atoms with Crippen LogP contribution in [-0.2, 0) is 14.8 Å². The van der Waals surface area contributed by atoms with E-state index in [1.165, 1.54) is 7.11 Å². The number of ether oxygens (including phenoxy) is 1. The van der Waals surface area contributed by atoms with Crippen molar-refractivity contribution >= 4 is 16.0 Å². The van der Waals surface area contributed by atoms with Crippen LogP contribution in [0.2, 0.25) is 0 Å². The number of rotatable bonds is 6. The van der Waals surface area contributed by atoms with Gasteiger partial charge in [0, 0.05) is 0 Å². The molecule has 0 fully saturated rings. The van der Waals surface area contributed by atoms with Crippen molar-refractivity contribution in [3.63, 3.8) is 0 Å². The van der Waals surface area contributed by atoms with E-state index < -0.39 is 28.1 Å². The van der Waals surface area contributed by atoms with Crippen molar-refractivity contribution < 1.29 is 28.2 Å². The molecule has 0 saturated carbocycles. The van der Waals surface area contributed by atoms with E-state index in [9.17, 15) is 18.3 Å². The summed E-state index contributed by atoms with van der Waals surface area (Å²) in [6, 6.07) is 3.13. The van der Waals surface area contributed by atoms with E-state index in [-0.39, 0.29) is 4.90 Å². The van der Waals surface area contributed by atoms with Gasteiger partial charge in [-0.05, 0) is 44.0 Å². The minimum atomic E-state index is -3.94. The Balaban J connectivity index is 3.13. The van der Waals surface area contributed by atoms with Gasteiger partial charge in [-0.3, -0.25) is 0 Å². The van der Waals surface area contributed by atoms with Crippen LogP contribution in [0.3, 0.4) is 0 Å². The summed E-state index contributed by atoms with van der Waals surface area (Å²) in [7, 11) is -2.47. The van der Waals surface area contributed by atoms with Crippen molar-refractivity contribution in [2.45, 2.75) is 31.3 Å². The second kappa shape index (κ2) is 6.00. The lowest BCUT2D eigenvalue weighted by atomic mass is 10.1. The molecule has 1 rings (SSSR count). The zero-order valence-corrected chi connectivity index (χ0v) is 13.1. The molecular formula is C13H19NO6S. The number of carboxylic acids is 1. The van der Waals surface area contributed by atoms with Gasteiger partial charge in [0.25, 0.3) is 0 Å². The maximum atomic E-state index is 12.3. The highest BCUT2D eigenvalue weighted by molar-refractivity contribution is 7.89. The molecule has 1 atom stereocenters. The summed E-state index contributed by atoms with van der Waals surface area (Å²) >= 11 is 0. The minimum absolute atomic E-state index is 0.0458. The van der Waals surface area contributed by atoms with Gasteiger partial charge in [0.05, 0.1) is 18.6 Å². The van der Waals surface area contributed by atoms with E-state index in [4.69, 9.17) is 9.84 Å². The van der Waals surface area contributed by atoms with E-state index >= 15 is 0 Å². The van der Waals surface area contributed by atoms with Crippen LogP contribution in [0.1, 0.15) is 18.1 Å².